The van der Waals surface area contributed by atoms with Gasteiger partial charge in [-0.15, -0.1) is 22.0 Å². The number of amidine groups is 1. The summed E-state index contributed by atoms with van der Waals surface area (Å²) in [7, 11) is 1.64. The van der Waals surface area contributed by atoms with Crippen LogP contribution in [0.2, 0.25) is 10.0 Å². The molecule has 2 unspecified atom stereocenters. The lowest BCUT2D eigenvalue weighted by atomic mass is 9.98. The van der Waals surface area contributed by atoms with Crippen molar-refractivity contribution in [2.24, 2.45) is 4.99 Å². The second-order valence-electron chi connectivity index (χ2n) is 11.9. The van der Waals surface area contributed by atoms with Crippen LogP contribution in [-0.4, -0.2) is 100 Å². The second-order valence-corrected chi connectivity index (χ2v) is 13.9. The first-order valence-corrected chi connectivity index (χ1v) is 18.9. The molecule has 2 aliphatic heterocycles. The van der Waals surface area contributed by atoms with Gasteiger partial charge in [-0.1, -0.05) is 37.0 Å². The van der Waals surface area contributed by atoms with E-state index in [-0.39, 0.29) is 71.0 Å². The third-order valence-electron chi connectivity index (χ3n) is 8.71. The van der Waals surface area contributed by atoms with E-state index in [0.717, 1.165) is 10.6 Å². The number of nitrogens with one attached hydrogen (secondary N) is 1. The van der Waals surface area contributed by atoms with Crippen LogP contribution in [0.15, 0.2) is 28.1 Å². The maximum atomic E-state index is 15.5. The standard InChI is InChI=1S/C31H35Cl2F5N8OS2.C2H6/c1-16-11-45(17(2)10-40-16)29(39-3)20-8-22(33)26(19-7-21(32)24(35)9-23(19)34)28(49-4)27(20)46(15-47)18(14-48)12-43-5-6-44-25(13-43)41-42-30(44)31(36,37)38;1-2/h7-9,15-18,40,48H,5-6,10-14H2,1-4H3;1-2H3/t16-,17?,18?;/m1./s1. The summed E-state index contributed by atoms with van der Waals surface area (Å²) in [5, 5.41) is 10.4. The van der Waals surface area contributed by atoms with E-state index in [1.54, 1.807) is 19.4 Å². The van der Waals surface area contributed by atoms with Gasteiger partial charge in [0.1, 0.15) is 23.3 Å². The number of carbonyl (C=O) groups is 1. The highest BCUT2D eigenvalue weighted by Gasteiger charge is 2.40. The lowest BCUT2D eigenvalue weighted by Crippen LogP contribution is -2.56. The van der Waals surface area contributed by atoms with Crippen molar-refractivity contribution >= 4 is 65.5 Å². The fourth-order valence-electron chi connectivity index (χ4n) is 6.35. The van der Waals surface area contributed by atoms with E-state index in [1.165, 1.54) is 16.7 Å². The Morgan fingerprint density at radius 2 is 1.86 bits per heavy atom. The number of aromatic nitrogens is 3. The topological polar surface area (TPSA) is 81.9 Å². The van der Waals surface area contributed by atoms with E-state index in [1.807, 2.05) is 32.6 Å². The number of benzene rings is 2. The Morgan fingerprint density at radius 1 is 1.16 bits per heavy atom. The monoisotopic (exact) mass is 794 g/mol. The number of piperazine rings is 1. The first kappa shape index (κ1) is 41.1. The highest BCUT2D eigenvalue weighted by Crippen LogP contribution is 2.47. The fourth-order valence-corrected chi connectivity index (χ4v) is 8.00. The Labute approximate surface area is 314 Å². The quantitative estimate of drug-likeness (QED) is 0.0454. The highest BCUT2D eigenvalue weighted by atomic mass is 35.5. The average molecular weight is 796 g/mol. The van der Waals surface area contributed by atoms with Gasteiger partial charge in [0.2, 0.25) is 12.2 Å². The maximum Gasteiger partial charge on any atom is 0.451 e. The molecule has 5 rings (SSSR count). The third kappa shape index (κ3) is 8.62. The van der Waals surface area contributed by atoms with Crippen molar-refractivity contribution in [1.29, 1.82) is 0 Å². The Bertz CT molecular complexity index is 1740. The number of thioether (sulfide) groups is 1. The molecular formula is C33H41Cl2F5N8OS2. The lowest BCUT2D eigenvalue weighted by molar-refractivity contribution is -0.148. The van der Waals surface area contributed by atoms with Gasteiger partial charge in [0, 0.05) is 85.3 Å². The molecule has 1 fully saturated rings. The largest absolute Gasteiger partial charge is 0.451 e. The van der Waals surface area contributed by atoms with Crippen LogP contribution in [0.25, 0.3) is 11.1 Å². The molecule has 51 heavy (non-hydrogen) atoms. The Morgan fingerprint density at radius 3 is 2.47 bits per heavy atom. The van der Waals surface area contributed by atoms with Gasteiger partial charge in [0.15, 0.2) is 0 Å². The summed E-state index contributed by atoms with van der Waals surface area (Å²) >= 11 is 18.9. The molecule has 280 valence electrons. The molecule has 1 saturated heterocycles. The smallest absolute Gasteiger partial charge is 0.351 e. The SMILES string of the molecule is CC.CN=C(c1cc(Cl)c(-c2cc(Cl)c(F)cc2F)c(SC)c1N(C=O)C(CS)CN1CCn2c(nnc2C(F)(F)F)C1)N1C[C@@H](C)NCC1C. The summed E-state index contributed by atoms with van der Waals surface area (Å²) in [6.45, 7) is 9.85. The van der Waals surface area contributed by atoms with Gasteiger partial charge in [0.25, 0.3) is 0 Å². The molecule has 0 aliphatic carbocycles. The van der Waals surface area contributed by atoms with E-state index < -0.39 is 29.7 Å². The van der Waals surface area contributed by atoms with Gasteiger partial charge < -0.3 is 19.7 Å². The molecule has 0 saturated carbocycles. The Hall–Kier alpha value is -2.63. The minimum Gasteiger partial charge on any atom is -0.351 e. The molecular weight excluding hydrogens is 754 g/mol. The molecule has 2 aromatic carbocycles. The highest BCUT2D eigenvalue weighted by molar-refractivity contribution is 7.99. The van der Waals surface area contributed by atoms with Crippen LogP contribution in [0.1, 0.15) is 44.9 Å². The predicted molar refractivity (Wildman–Crippen MR) is 198 cm³/mol. The van der Waals surface area contributed by atoms with Crippen LogP contribution >= 0.6 is 47.6 Å². The summed E-state index contributed by atoms with van der Waals surface area (Å²) in [5.41, 5.74) is 1.03. The molecule has 3 aromatic rings. The number of alkyl halides is 3. The number of halogens is 7. The number of thiol groups is 1. The van der Waals surface area contributed by atoms with Crippen molar-refractivity contribution in [1.82, 2.24) is 29.9 Å². The molecule has 3 heterocycles. The van der Waals surface area contributed by atoms with Gasteiger partial charge >= 0.3 is 6.18 Å². The van der Waals surface area contributed by atoms with Gasteiger partial charge in [-0.05, 0) is 32.2 Å². The average Bonchev–Trinajstić information content (AvgIpc) is 3.54. The number of anilines is 1. The van der Waals surface area contributed by atoms with Crippen LogP contribution in [0.5, 0.6) is 0 Å². The van der Waals surface area contributed by atoms with Crippen LogP contribution in [0.4, 0.5) is 27.6 Å². The van der Waals surface area contributed by atoms with Crippen LogP contribution < -0.4 is 10.2 Å². The Balaban J connectivity index is 0.00000286. The zero-order valence-electron chi connectivity index (χ0n) is 29.0. The van der Waals surface area contributed by atoms with Gasteiger partial charge in [-0.25, -0.2) is 8.78 Å². The van der Waals surface area contributed by atoms with Gasteiger partial charge in [-0.3, -0.25) is 14.7 Å². The van der Waals surface area contributed by atoms with Crippen molar-refractivity contribution in [3.05, 3.63) is 57.1 Å². The van der Waals surface area contributed by atoms with Gasteiger partial charge in [-0.2, -0.15) is 25.8 Å². The molecule has 2 aliphatic rings. The zero-order valence-corrected chi connectivity index (χ0v) is 32.3. The molecule has 1 amide bonds. The third-order valence-corrected chi connectivity index (χ3v) is 10.5. The molecule has 18 heteroatoms. The Kier molecular flexibility index (Phi) is 14.1. The number of amides is 1. The summed E-state index contributed by atoms with van der Waals surface area (Å²) in [6, 6.07) is 2.96. The molecule has 9 nitrogen and oxygen atoms in total. The molecule has 1 N–H and O–H groups in total. The summed E-state index contributed by atoms with van der Waals surface area (Å²) < 4.78 is 71.2. The van der Waals surface area contributed by atoms with Crippen molar-refractivity contribution < 1.29 is 26.7 Å². The van der Waals surface area contributed by atoms with Crippen molar-refractivity contribution in [3.63, 3.8) is 0 Å². The number of rotatable bonds is 9. The van der Waals surface area contributed by atoms with Crippen molar-refractivity contribution in [2.75, 3.05) is 50.1 Å². The first-order valence-electron chi connectivity index (χ1n) is 16.3. The van der Waals surface area contributed by atoms with Crippen molar-refractivity contribution in [2.45, 2.75) is 70.0 Å². The van der Waals surface area contributed by atoms with Crippen LogP contribution in [0, 0.1) is 11.6 Å². The number of hydrogen-bond donors (Lipinski definition) is 2. The molecule has 0 spiro atoms. The molecule has 0 radical (unpaired) electrons. The molecule has 0 bridgehead atoms. The summed E-state index contributed by atoms with van der Waals surface area (Å²) in [6.07, 6.45) is -2.24. The van der Waals surface area contributed by atoms with E-state index in [0.29, 0.717) is 47.5 Å². The van der Waals surface area contributed by atoms with Crippen molar-refractivity contribution in [3.8, 4) is 11.1 Å². The van der Waals surface area contributed by atoms with E-state index >= 15 is 4.39 Å². The zero-order chi connectivity index (χ0) is 37.8. The number of nitrogens with zero attached hydrogens (tertiary/aromatic N) is 7. The number of aliphatic imine (C=N–C) groups is 1. The fraction of sp³-hybridized carbons (Fsp3) is 0.515. The minimum atomic E-state index is -4.64. The second kappa shape index (κ2) is 17.5. The van der Waals surface area contributed by atoms with E-state index in [9.17, 15) is 22.4 Å². The van der Waals surface area contributed by atoms with E-state index in [2.05, 4.69) is 38.0 Å². The minimum absolute atomic E-state index is 0.000272. The lowest BCUT2D eigenvalue weighted by Gasteiger charge is -2.41. The van der Waals surface area contributed by atoms with E-state index in [4.69, 9.17) is 23.2 Å². The number of fused-ring (bicyclic) bond motifs is 1. The predicted octanol–water partition coefficient (Wildman–Crippen LogP) is 7.13. The normalized spacial score (nSPS) is 18.9. The van der Waals surface area contributed by atoms with Crippen LogP contribution in [-0.2, 0) is 24.1 Å². The first-order chi connectivity index (χ1) is 24.2. The van der Waals surface area contributed by atoms with Gasteiger partial charge in [0.05, 0.1) is 28.3 Å². The number of hydrogen-bond acceptors (Lipinski definition) is 8. The number of carbonyl (C=O) groups excluding carboxylic acids is 1. The molecule has 3 atom stereocenters. The van der Waals surface area contributed by atoms with Crippen LogP contribution in [0.3, 0.4) is 0 Å². The molecule has 1 aromatic heterocycles. The maximum absolute atomic E-state index is 15.5. The summed E-state index contributed by atoms with van der Waals surface area (Å²) in [5.74, 6) is -2.04. The summed E-state index contributed by atoms with van der Waals surface area (Å²) in [4.78, 5) is 23.8.